The van der Waals surface area contributed by atoms with Gasteiger partial charge in [0.15, 0.2) is 0 Å². The molecule has 1 atom stereocenters. The number of morpholine rings is 1. The molecule has 1 aromatic rings. The van der Waals surface area contributed by atoms with Crippen LogP contribution < -0.4 is 0 Å². The lowest BCUT2D eigenvalue weighted by molar-refractivity contribution is -0.159. The highest BCUT2D eigenvalue weighted by Gasteiger charge is 2.40. The second-order valence-corrected chi connectivity index (χ2v) is 8.60. The van der Waals surface area contributed by atoms with Gasteiger partial charge in [-0.3, -0.25) is 19.3 Å². The highest BCUT2D eigenvalue weighted by Crippen LogP contribution is 2.23. The first-order chi connectivity index (χ1) is 14.8. The Kier molecular flexibility index (Phi) is 8.54. The SMILES string of the molecule is O=C(O)CC1C(=O)N(CCc2ccc(Cl)cc2Cl)CC(=O)N1CCCN1CCOCC1. The van der Waals surface area contributed by atoms with Crippen LogP contribution in [0.25, 0.3) is 0 Å². The average molecular weight is 472 g/mol. The van der Waals surface area contributed by atoms with Crippen LogP contribution in [0.15, 0.2) is 18.2 Å². The molecule has 0 aromatic heterocycles. The molecule has 1 aromatic carbocycles. The Morgan fingerprint density at radius 1 is 1.13 bits per heavy atom. The zero-order chi connectivity index (χ0) is 22.4. The Hall–Kier alpha value is -1.87. The zero-order valence-corrected chi connectivity index (χ0v) is 18.8. The summed E-state index contributed by atoms with van der Waals surface area (Å²) in [6, 6.07) is 4.15. The van der Waals surface area contributed by atoms with Crippen molar-refractivity contribution in [3.8, 4) is 0 Å². The first-order valence-electron chi connectivity index (χ1n) is 10.4. The molecule has 2 saturated heterocycles. The number of carbonyl (C=O) groups is 3. The van der Waals surface area contributed by atoms with Gasteiger partial charge in [0, 0.05) is 42.8 Å². The molecule has 8 nitrogen and oxygen atoms in total. The van der Waals surface area contributed by atoms with Gasteiger partial charge in [0.25, 0.3) is 0 Å². The van der Waals surface area contributed by atoms with Crippen LogP contribution in [0.4, 0.5) is 0 Å². The monoisotopic (exact) mass is 471 g/mol. The van der Waals surface area contributed by atoms with Gasteiger partial charge in [-0.05, 0) is 30.5 Å². The summed E-state index contributed by atoms with van der Waals surface area (Å²) >= 11 is 12.1. The molecular weight excluding hydrogens is 445 g/mol. The highest BCUT2D eigenvalue weighted by molar-refractivity contribution is 6.35. The number of carbonyl (C=O) groups excluding carboxylic acids is 2. The molecule has 1 unspecified atom stereocenters. The molecule has 0 saturated carbocycles. The number of piperazine rings is 1. The number of carboxylic acids is 1. The molecule has 1 N–H and O–H groups in total. The van der Waals surface area contributed by atoms with Crippen molar-refractivity contribution in [2.75, 3.05) is 52.5 Å². The molecule has 2 heterocycles. The van der Waals surface area contributed by atoms with Crippen LogP contribution in [0, 0.1) is 0 Å². The maximum atomic E-state index is 13.0. The average Bonchev–Trinajstić information content (AvgIpc) is 2.73. The number of aliphatic carboxylic acids is 1. The van der Waals surface area contributed by atoms with E-state index in [1.165, 1.54) is 9.80 Å². The van der Waals surface area contributed by atoms with Crippen LogP contribution in [-0.2, 0) is 25.5 Å². The third-order valence-electron chi connectivity index (χ3n) is 5.63. The third-order valence-corrected chi connectivity index (χ3v) is 6.22. The van der Waals surface area contributed by atoms with Crippen LogP contribution in [-0.4, -0.2) is 96.1 Å². The van der Waals surface area contributed by atoms with Crippen LogP contribution in [0.3, 0.4) is 0 Å². The predicted molar refractivity (Wildman–Crippen MR) is 116 cm³/mol. The Balaban J connectivity index is 1.61. The second-order valence-electron chi connectivity index (χ2n) is 7.75. The lowest BCUT2D eigenvalue weighted by Crippen LogP contribution is -2.61. The molecule has 2 aliphatic rings. The molecule has 0 aliphatic carbocycles. The van der Waals surface area contributed by atoms with E-state index in [0.29, 0.717) is 42.6 Å². The van der Waals surface area contributed by atoms with E-state index in [1.807, 2.05) is 0 Å². The zero-order valence-electron chi connectivity index (χ0n) is 17.3. The van der Waals surface area contributed by atoms with E-state index in [0.717, 1.165) is 25.2 Å². The van der Waals surface area contributed by atoms with Gasteiger partial charge in [-0.25, -0.2) is 0 Å². The van der Waals surface area contributed by atoms with Crippen molar-refractivity contribution in [2.45, 2.75) is 25.3 Å². The summed E-state index contributed by atoms with van der Waals surface area (Å²) in [7, 11) is 0. The number of rotatable bonds is 9. The lowest BCUT2D eigenvalue weighted by atomic mass is 10.0. The number of halogens is 2. The van der Waals surface area contributed by atoms with Gasteiger partial charge in [-0.15, -0.1) is 0 Å². The van der Waals surface area contributed by atoms with Crippen molar-refractivity contribution in [3.63, 3.8) is 0 Å². The topological polar surface area (TPSA) is 90.4 Å². The fraction of sp³-hybridized carbons (Fsp3) is 0.571. The minimum atomic E-state index is -1.10. The molecule has 3 rings (SSSR count). The van der Waals surface area contributed by atoms with Gasteiger partial charge < -0.3 is 19.6 Å². The Labute approximate surface area is 191 Å². The van der Waals surface area contributed by atoms with Gasteiger partial charge >= 0.3 is 5.97 Å². The standard InChI is InChI=1S/C21H27Cl2N3O5/c22-16-3-2-15(17(23)12-16)4-7-25-14-19(27)26(18(21(25)30)13-20(28)29)6-1-5-24-8-10-31-11-9-24/h2-3,12,18H,1,4-11,13-14H2,(H,28,29). The minimum Gasteiger partial charge on any atom is -0.481 e. The molecule has 0 radical (unpaired) electrons. The molecule has 10 heteroatoms. The Bertz CT molecular complexity index is 816. The summed E-state index contributed by atoms with van der Waals surface area (Å²) in [5.74, 6) is -1.67. The summed E-state index contributed by atoms with van der Waals surface area (Å²) in [4.78, 5) is 42.3. The molecule has 2 aliphatic heterocycles. The number of benzene rings is 1. The number of carboxylic acid groups (broad SMARTS) is 1. The fourth-order valence-corrected chi connectivity index (χ4v) is 4.45. The molecule has 2 amide bonds. The Morgan fingerprint density at radius 2 is 1.87 bits per heavy atom. The third kappa shape index (κ3) is 6.55. The number of amides is 2. The van der Waals surface area contributed by atoms with E-state index in [9.17, 15) is 19.5 Å². The van der Waals surface area contributed by atoms with E-state index < -0.39 is 18.4 Å². The molecule has 170 valence electrons. The van der Waals surface area contributed by atoms with E-state index in [4.69, 9.17) is 27.9 Å². The van der Waals surface area contributed by atoms with Gasteiger partial charge in [0.2, 0.25) is 11.8 Å². The maximum absolute atomic E-state index is 13.0. The number of nitrogens with zero attached hydrogens (tertiary/aromatic N) is 3. The van der Waals surface area contributed by atoms with Crippen molar-refractivity contribution in [2.24, 2.45) is 0 Å². The van der Waals surface area contributed by atoms with Gasteiger partial charge in [0.05, 0.1) is 26.2 Å². The fourth-order valence-electron chi connectivity index (χ4n) is 3.95. The van der Waals surface area contributed by atoms with E-state index >= 15 is 0 Å². The molecule has 2 fully saturated rings. The normalized spacial score (nSPS) is 20.4. The van der Waals surface area contributed by atoms with Gasteiger partial charge in [0.1, 0.15) is 6.04 Å². The predicted octanol–water partition coefficient (Wildman–Crippen LogP) is 1.77. The van der Waals surface area contributed by atoms with Crippen LogP contribution in [0.5, 0.6) is 0 Å². The summed E-state index contributed by atoms with van der Waals surface area (Å²) in [6.45, 7) is 4.42. The van der Waals surface area contributed by atoms with Crippen molar-refractivity contribution in [3.05, 3.63) is 33.8 Å². The molecular formula is C21H27Cl2N3O5. The van der Waals surface area contributed by atoms with Crippen LogP contribution >= 0.6 is 23.2 Å². The summed E-state index contributed by atoms with van der Waals surface area (Å²) in [6.07, 6.45) is 0.724. The van der Waals surface area contributed by atoms with Crippen molar-refractivity contribution in [1.82, 2.24) is 14.7 Å². The highest BCUT2D eigenvalue weighted by atomic mass is 35.5. The van der Waals surface area contributed by atoms with E-state index in [1.54, 1.807) is 18.2 Å². The minimum absolute atomic E-state index is 0.0578. The van der Waals surface area contributed by atoms with Crippen LogP contribution in [0.1, 0.15) is 18.4 Å². The van der Waals surface area contributed by atoms with E-state index in [2.05, 4.69) is 4.90 Å². The summed E-state index contributed by atoms with van der Waals surface area (Å²) < 4.78 is 5.33. The smallest absolute Gasteiger partial charge is 0.305 e. The molecule has 0 spiro atoms. The molecule has 31 heavy (non-hydrogen) atoms. The summed E-state index contributed by atoms with van der Waals surface area (Å²) in [5, 5.41) is 10.3. The first-order valence-corrected chi connectivity index (χ1v) is 11.1. The summed E-state index contributed by atoms with van der Waals surface area (Å²) in [5.41, 5.74) is 0.814. The number of ether oxygens (including phenoxy) is 1. The van der Waals surface area contributed by atoms with Gasteiger partial charge in [-0.1, -0.05) is 29.3 Å². The number of hydrogen-bond acceptors (Lipinski definition) is 5. The second kappa shape index (κ2) is 11.1. The van der Waals surface area contributed by atoms with Crippen molar-refractivity contribution in [1.29, 1.82) is 0 Å². The van der Waals surface area contributed by atoms with Crippen molar-refractivity contribution < 1.29 is 24.2 Å². The Morgan fingerprint density at radius 3 is 2.55 bits per heavy atom. The van der Waals surface area contributed by atoms with E-state index in [-0.39, 0.29) is 24.9 Å². The molecule has 0 bridgehead atoms. The largest absolute Gasteiger partial charge is 0.481 e. The van der Waals surface area contributed by atoms with Crippen LogP contribution in [0.2, 0.25) is 10.0 Å². The van der Waals surface area contributed by atoms with Crippen molar-refractivity contribution >= 4 is 41.0 Å². The number of hydrogen-bond donors (Lipinski definition) is 1. The quantitative estimate of drug-likeness (QED) is 0.590. The van der Waals surface area contributed by atoms with Gasteiger partial charge in [-0.2, -0.15) is 0 Å². The lowest BCUT2D eigenvalue weighted by Gasteiger charge is -2.40. The maximum Gasteiger partial charge on any atom is 0.305 e. The first kappa shape index (κ1) is 23.8.